The molecule has 0 saturated heterocycles. The number of ether oxygens (including phenoxy) is 1. The minimum Gasteiger partial charge on any atom is -0.485 e. The van der Waals surface area contributed by atoms with Crippen molar-refractivity contribution in [3.8, 4) is 5.75 Å². The van der Waals surface area contributed by atoms with Gasteiger partial charge in [0.1, 0.15) is 5.75 Å². The number of carbonyl (C=O) groups is 3. The van der Waals surface area contributed by atoms with E-state index in [4.69, 9.17) is 10.5 Å². The fourth-order valence-corrected chi connectivity index (χ4v) is 2.45. The third kappa shape index (κ3) is 6.58. The number of hydrogen-bond acceptors (Lipinski definition) is 4. The minimum atomic E-state index is -0.518. The number of Topliss-reactive ketones (excluding diaryl/α,β-unsaturated/α-hetero) is 1. The molecule has 3 N–H and O–H groups in total. The summed E-state index contributed by atoms with van der Waals surface area (Å²) in [4.78, 5) is 35.0. The summed E-state index contributed by atoms with van der Waals surface area (Å²) in [6.07, 6.45) is 3.47. The average Bonchev–Trinajstić information content (AvgIpc) is 2.67. The molecule has 2 rings (SSSR count). The lowest BCUT2D eigenvalue weighted by molar-refractivity contribution is -0.116. The molecule has 0 aliphatic carbocycles. The van der Waals surface area contributed by atoms with Gasteiger partial charge >= 0.3 is 0 Å². The van der Waals surface area contributed by atoms with Crippen LogP contribution in [0.25, 0.3) is 0 Å². The number of benzene rings is 2. The molecular weight excluding hydrogens is 344 g/mol. The molecule has 6 nitrogen and oxygen atoms in total. The Hall–Kier alpha value is -3.15. The van der Waals surface area contributed by atoms with Crippen LogP contribution < -0.4 is 15.8 Å². The zero-order valence-electron chi connectivity index (χ0n) is 15.4. The van der Waals surface area contributed by atoms with E-state index in [2.05, 4.69) is 12.2 Å². The number of hydrogen-bond donors (Lipinski definition) is 2. The predicted molar refractivity (Wildman–Crippen MR) is 104 cm³/mol. The fraction of sp³-hybridized carbons (Fsp3) is 0.286. The Kier molecular flexibility index (Phi) is 7.55. The molecule has 0 aliphatic rings. The second-order valence-corrected chi connectivity index (χ2v) is 6.18. The van der Waals surface area contributed by atoms with E-state index < -0.39 is 5.91 Å². The number of nitrogens with two attached hydrogens (primary N) is 1. The predicted octanol–water partition coefficient (Wildman–Crippen LogP) is 3.57. The van der Waals surface area contributed by atoms with Gasteiger partial charge in [-0.3, -0.25) is 14.4 Å². The summed E-state index contributed by atoms with van der Waals surface area (Å²) in [5.74, 6) is -0.250. The lowest BCUT2D eigenvalue weighted by Gasteiger charge is -2.08. The summed E-state index contributed by atoms with van der Waals surface area (Å²) in [5, 5.41) is 2.82. The van der Waals surface area contributed by atoms with E-state index in [1.807, 2.05) is 0 Å². The smallest absolute Gasteiger partial charge is 0.248 e. The van der Waals surface area contributed by atoms with Crippen LogP contribution in [0, 0.1) is 0 Å². The van der Waals surface area contributed by atoms with Crippen molar-refractivity contribution in [2.24, 2.45) is 5.73 Å². The van der Waals surface area contributed by atoms with Crippen LogP contribution in [-0.2, 0) is 4.79 Å². The Morgan fingerprint density at radius 1 is 0.926 bits per heavy atom. The first kappa shape index (κ1) is 20.2. The second kappa shape index (κ2) is 10.1. The topological polar surface area (TPSA) is 98.5 Å². The van der Waals surface area contributed by atoms with Crippen LogP contribution in [0.5, 0.6) is 5.75 Å². The summed E-state index contributed by atoms with van der Waals surface area (Å²) in [7, 11) is 0. The van der Waals surface area contributed by atoms with Crippen molar-refractivity contribution in [3.63, 3.8) is 0 Å². The van der Waals surface area contributed by atoms with Gasteiger partial charge in [-0.25, -0.2) is 0 Å². The van der Waals surface area contributed by atoms with E-state index in [0.29, 0.717) is 29.0 Å². The molecule has 0 radical (unpaired) electrons. The van der Waals surface area contributed by atoms with E-state index >= 15 is 0 Å². The fourth-order valence-electron chi connectivity index (χ4n) is 2.45. The Balaban J connectivity index is 1.84. The van der Waals surface area contributed by atoms with Gasteiger partial charge in [0.15, 0.2) is 12.4 Å². The van der Waals surface area contributed by atoms with Gasteiger partial charge in [-0.15, -0.1) is 0 Å². The number of anilines is 1. The van der Waals surface area contributed by atoms with Crippen LogP contribution in [0.2, 0.25) is 0 Å². The highest BCUT2D eigenvalue weighted by Crippen LogP contribution is 2.14. The molecule has 2 amide bonds. The molecule has 27 heavy (non-hydrogen) atoms. The number of nitrogens with one attached hydrogen (secondary N) is 1. The molecule has 0 aromatic heterocycles. The van der Waals surface area contributed by atoms with E-state index in [-0.39, 0.29) is 18.3 Å². The van der Waals surface area contributed by atoms with Crippen LogP contribution in [-0.4, -0.2) is 24.2 Å². The zero-order chi connectivity index (χ0) is 19.6. The van der Waals surface area contributed by atoms with Crippen molar-refractivity contribution in [3.05, 3.63) is 59.7 Å². The van der Waals surface area contributed by atoms with Crippen molar-refractivity contribution in [2.75, 3.05) is 11.9 Å². The van der Waals surface area contributed by atoms with Crippen molar-refractivity contribution >= 4 is 23.3 Å². The average molecular weight is 368 g/mol. The van der Waals surface area contributed by atoms with Crippen LogP contribution in [0.3, 0.4) is 0 Å². The van der Waals surface area contributed by atoms with Gasteiger partial charge in [0.25, 0.3) is 0 Å². The Morgan fingerprint density at radius 3 is 2.15 bits per heavy atom. The molecule has 0 saturated carbocycles. The largest absolute Gasteiger partial charge is 0.485 e. The summed E-state index contributed by atoms with van der Waals surface area (Å²) < 4.78 is 5.44. The maximum absolute atomic E-state index is 12.2. The Morgan fingerprint density at radius 2 is 1.56 bits per heavy atom. The first-order chi connectivity index (χ1) is 13.0. The highest BCUT2D eigenvalue weighted by atomic mass is 16.5. The van der Waals surface area contributed by atoms with E-state index in [1.54, 1.807) is 48.5 Å². The SMILES string of the molecule is CCCCCC(=O)Nc1ccc(C(=O)COc2ccc(C(N)=O)cc2)cc1. The standard InChI is InChI=1S/C21H24N2O4/c1-2-3-4-5-20(25)23-17-10-6-15(7-11-17)19(24)14-27-18-12-8-16(9-13-18)21(22)26/h6-13H,2-5,14H2,1H3,(H2,22,26)(H,23,25). The normalized spacial score (nSPS) is 10.3. The molecular formula is C21H24N2O4. The third-order valence-electron chi connectivity index (χ3n) is 4.01. The highest BCUT2D eigenvalue weighted by molar-refractivity contribution is 5.98. The molecule has 0 unspecified atom stereocenters. The maximum Gasteiger partial charge on any atom is 0.248 e. The number of carbonyl (C=O) groups excluding carboxylic acids is 3. The van der Waals surface area contributed by atoms with Crippen molar-refractivity contribution in [2.45, 2.75) is 32.6 Å². The van der Waals surface area contributed by atoms with Gasteiger partial charge in [-0.2, -0.15) is 0 Å². The van der Waals surface area contributed by atoms with Crippen LogP contribution in [0.15, 0.2) is 48.5 Å². The summed E-state index contributed by atoms with van der Waals surface area (Å²) in [6, 6.07) is 13.0. The first-order valence-corrected chi connectivity index (χ1v) is 8.95. The molecule has 0 atom stereocenters. The number of rotatable bonds is 10. The molecule has 0 fully saturated rings. The van der Waals surface area contributed by atoms with Gasteiger partial charge in [0.05, 0.1) is 0 Å². The highest BCUT2D eigenvalue weighted by Gasteiger charge is 2.09. The molecule has 0 aliphatic heterocycles. The van der Waals surface area contributed by atoms with Gasteiger partial charge in [-0.1, -0.05) is 19.8 Å². The van der Waals surface area contributed by atoms with Crippen molar-refractivity contribution in [1.29, 1.82) is 0 Å². The zero-order valence-corrected chi connectivity index (χ0v) is 15.4. The Labute approximate surface area is 158 Å². The first-order valence-electron chi connectivity index (χ1n) is 8.95. The lowest BCUT2D eigenvalue weighted by atomic mass is 10.1. The van der Waals surface area contributed by atoms with Crippen molar-refractivity contribution in [1.82, 2.24) is 0 Å². The third-order valence-corrected chi connectivity index (χ3v) is 4.01. The molecule has 0 bridgehead atoms. The molecule has 142 valence electrons. The number of unbranched alkanes of at least 4 members (excludes halogenated alkanes) is 2. The monoisotopic (exact) mass is 368 g/mol. The second-order valence-electron chi connectivity index (χ2n) is 6.18. The molecule has 0 spiro atoms. The van der Waals surface area contributed by atoms with E-state index in [9.17, 15) is 14.4 Å². The summed E-state index contributed by atoms with van der Waals surface area (Å²) >= 11 is 0. The Bertz CT molecular complexity index is 783. The number of amides is 2. The maximum atomic E-state index is 12.2. The quantitative estimate of drug-likeness (QED) is 0.495. The van der Waals surface area contributed by atoms with Gasteiger partial charge < -0.3 is 15.8 Å². The number of ketones is 1. The van der Waals surface area contributed by atoms with Crippen LogP contribution in [0.1, 0.15) is 53.3 Å². The summed E-state index contributed by atoms with van der Waals surface area (Å²) in [6.45, 7) is 1.96. The summed E-state index contributed by atoms with van der Waals surface area (Å²) in [5.41, 5.74) is 6.71. The molecule has 2 aromatic rings. The van der Waals surface area contributed by atoms with E-state index in [1.165, 1.54) is 0 Å². The van der Waals surface area contributed by atoms with Gasteiger partial charge in [-0.05, 0) is 55.0 Å². The minimum absolute atomic E-state index is 0.0229. The van der Waals surface area contributed by atoms with E-state index in [0.717, 1.165) is 19.3 Å². The molecule has 0 heterocycles. The van der Waals surface area contributed by atoms with Gasteiger partial charge in [0.2, 0.25) is 11.8 Å². The van der Waals surface area contributed by atoms with Crippen LogP contribution >= 0.6 is 0 Å². The van der Waals surface area contributed by atoms with Crippen molar-refractivity contribution < 1.29 is 19.1 Å². The van der Waals surface area contributed by atoms with Gasteiger partial charge in [0, 0.05) is 23.2 Å². The van der Waals surface area contributed by atoms with Crippen LogP contribution in [0.4, 0.5) is 5.69 Å². The molecule has 2 aromatic carbocycles. The number of primary amides is 1. The molecule has 6 heteroatoms. The lowest BCUT2D eigenvalue weighted by Crippen LogP contribution is -2.13.